The first kappa shape index (κ1) is 15.7. The molecule has 0 aliphatic carbocycles. The molecule has 2 atom stereocenters. The summed E-state index contributed by atoms with van der Waals surface area (Å²) in [5.41, 5.74) is 1.57. The standard InChI is InChI=1S/C14H20O4S/c1-9-6-7-10(2)13(8-9)19(16,17)12(4)11(3)14(15)18-5/h6-8,11-12H,1-5H3. The first-order valence-corrected chi connectivity index (χ1v) is 7.65. The summed E-state index contributed by atoms with van der Waals surface area (Å²) < 4.78 is 29.7. The number of rotatable bonds is 4. The normalized spacial score (nSPS) is 14.8. The molecule has 2 unspecified atom stereocenters. The molecule has 4 nitrogen and oxygen atoms in total. The molecule has 1 aromatic rings. The highest BCUT2D eigenvalue weighted by Gasteiger charge is 2.33. The highest BCUT2D eigenvalue weighted by atomic mass is 32.2. The third-order valence-electron chi connectivity index (χ3n) is 3.42. The number of esters is 1. The zero-order valence-corrected chi connectivity index (χ0v) is 12.7. The van der Waals surface area contributed by atoms with Gasteiger partial charge in [0.25, 0.3) is 0 Å². The van der Waals surface area contributed by atoms with E-state index in [2.05, 4.69) is 4.74 Å². The molecule has 0 bridgehead atoms. The Balaban J connectivity index is 3.24. The van der Waals surface area contributed by atoms with Gasteiger partial charge in [0.2, 0.25) is 0 Å². The number of carbonyl (C=O) groups excluding carboxylic acids is 1. The van der Waals surface area contributed by atoms with Crippen molar-refractivity contribution in [3.8, 4) is 0 Å². The van der Waals surface area contributed by atoms with E-state index >= 15 is 0 Å². The van der Waals surface area contributed by atoms with Gasteiger partial charge in [0.05, 0.1) is 23.2 Å². The number of aryl methyl sites for hydroxylation is 2. The van der Waals surface area contributed by atoms with Gasteiger partial charge in [-0.2, -0.15) is 0 Å². The second kappa shape index (κ2) is 5.74. The summed E-state index contributed by atoms with van der Waals surface area (Å²) >= 11 is 0. The molecule has 0 N–H and O–H groups in total. The van der Waals surface area contributed by atoms with Crippen molar-refractivity contribution in [2.75, 3.05) is 7.11 Å². The van der Waals surface area contributed by atoms with Gasteiger partial charge in [-0.05, 0) is 38.0 Å². The van der Waals surface area contributed by atoms with Crippen molar-refractivity contribution in [3.05, 3.63) is 29.3 Å². The van der Waals surface area contributed by atoms with Gasteiger partial charge in [0.15, 0.2) is 9.84 Å². The van der Waals surface area contributed by atoms with Crippen LogP contribution in [0.2, 0.25) is 0 Å². The van der Waals surface area contributed by atoms with E-state index in [0.29, 0.717) is 5.56 Å². The topological polar surface area (TPSA) is 60.4 Å². The minimum Gasteiger partial charge on any atom is -0.469 e. The summed E-state index contributed by atoms with van der Waals surface area (Å²) in [6, 6.07) is 5.28. The molecule has 1 aromatic carbocycles. The van der Waals surface area contributed by atoms with E-state index in [0.717, 1.165) is 5.56 Å². The van der Waals surface area contributed by atoms with Gasteiger partial charge in [0.1, 0.15) is 0 Å². The lowest BCUT2D eigenvalue weighted by atomic mass is 10.1. The molecule has 0 radical (unpaired) electrons. The minimum atomic E-state index is -3.55. The van der Waals surface area contributed by atoms with Crippen molar-refractivity contribution in [2.45, 2.75) is 37.8 Å². The molecule has 0 aromatic heterocycles. The summed E-state index contributed by atoms with van der Waals surface area (Å²) in [6.45, 7) is 6.70. The Morgan fingerprint density at radius 2 is 1.79 bits per heavy atom. The number of hydrogen-bond donors (Lipinski definition) is 0. The smallest absolute Gasteiger partial charge is 0.309 e. The fourth-order valence-electron chi connectivity index (χ4n) is 1.86. The van der Waals surface area contributed by atoms with E-state index in [1.165, 1.54) is 7.11 Å². The Kier molecular flexibility index (Phi) is 4.74. The van der Waals surface area contributed by atoms with Crippen LogP contribution < -0.4 is 0 Å². The molecule has 0 heterocycles. The van der Waals surface area contributed by atoms with Gasteiger partial charge in [-0.25, -0.2) is 8.42 Å². The Morgan fingerprint density at radius 3 is 2.32 bits per heavy atom. The molecule has 0 aliphatic heterocycles. The van der Waals surface area contributed by atoms with E-state index in [-0.39, 0.29) is 4.90 Å². The summed E-state index contributed by atoms with van der Waals surface area (Å²) in [7, 11) is -2.29. The van der Waals surface area contributed by atoms with Crippen LogP contribution >= 0.6 is 0 Å². The molecule has 5 heteroatoms. The van der Waals surface area contributed by atoms with Crippen molar-refractivity contribution < 1.29 is 17.9 Å². The van der Waals surface area contributed by atoms with Crippen LogP contribution in [-0.4, -0.2) is 26.7 Å². The lowest BCUT2D eigenvalue weighted by molar-refractivity contribution is -0.144. The predicted molar refractivity (Wildman–Crippen MR) is 73.7 cm³/mol. The highest BCUT2D eigenvalue weighted by molar-refractivity contribution is 7.92. The van der Waals surface area contributed by atoms with Crippen LogP contribution in [0.4, 0.5) is 0 Å². The van der Waals surface area contributed by atoms with Crippen LogP contribution in [0.3, 0.4) is 0 Å². The van der Waals surface area contributed by atoms with Gasteiger partial charge in [-0.15, -0.1) is 0 Å². The van der Waals surface area contributed by atoms with Gasteiger partial charge in [-0.1, -0.05) is 19.1 Å². The maximum Gasteiger partial charge on any atom is 0.309 e. The van der Waals surface area contributed by atoms with Crippen molar-refractivity contribution >= 4 is 15.8 Å². The second-order valence-corrected chi connectivity index (χ2v) is 7.10. The van der Waals surface area contributed by atoms with E-state index in [1.54, 1.807) is 32.9 Å². The zero-order chi connectivity index (χ0) is 14.8. The lowest BCUT2D eigenvalue weighted by Crippen LogP contribution is -2.32. The number of sulfone groups is 1. The maximum absolute atomic E-state index is 12.6. The molecule has 0 spiro atoms. The molecule has 1 rings (SSSR count). The summed E-state index contributed by atoms with van der Waals surface area (Å²) in [5, 5.41) is -0.819. The van der Waals surface area contributed by atoms with E-state index in [1.807, 2.05) is 13.0 Å². The monoisotopic (exact) mass is 284 g/mol. The van der Waals surface area contributed by atoms with E-state index < -0.39 is 27.0 Å². The Labute approximate surface area is 114 Å². The molecule has 106 valence electrons. The molecular weight excluding hydrogens is 264 g/mol. The maximum atomic E-state index is 12.6. The fraction of sp³-hybridized carbons (Fsp3) is 0.500. The summed E-state index contributed by atoms with van der Waals surface area (Å²) in [4.78, 5) is 11.8. The Morgan fingerprint density at radius 1 is 1.21 bits per heavy atom. The molecule has 19 heavy (non-hydrogen) atoms. The SMILES string of the molecule is COC(=O)C(C)C(C)S(=O)(=O)c1cc(C)ccc1C. The van der Waals surface area contributed by atoms with Gasteiger partial charge in [0, 0.05) is 0 Å². The second-order valence-electron chi connectivity index (χ2n) is 4.83. The molecule has 0 aliphatic rings. The quantitative estimate of drug-likeness (QED) is 0.796. The van der Waals surface area contributed by atoms with Crippen LogP contribution in [0.1, 0.15) is 25.0 Å². The number of ether oxygens (including phenoxy) is 1. The average molecular weight is 284 g/mol. The molecule has 0 saturated carbocycles. The van der Waals surface area contributed by atoms with Crippen molar-refractivity contribution in [3.63, 3.8) is 0 Å². The zero-order valence-electron chi connectivity index (χ0n) is 11.9. The minimum absolute atomic E-state index is 0.288. The Hall–Kier alpha value is -1.36. The first-order chi connectivity index (χ1) is 8.71. The number of carbonyl (C=O) groups is 1. The fourth-order valence-corrected chi connectivity index (χ4v) is 3.78. The largest absolute Gasteiger partial charge is 0.469 e. The molecule has 0 fully saturated rings. The predicted octanol–water partition coefficient (Wildman–Crippen LogP) is 2.27. The first-order valence-electron chi connectivity index (χ1n) is 6.10. The third kappa shape index (κ3) is 3.15. The van der Waals surface area contributed by atoms with Crippen molar-refractivity contribution in [1.29, 1.82) is 0 Å². The Bertz CT molecular complexity index is 575. The van der Waals surface area contributed by atoms with Gasteiger partial charge < -0.3 is 4.74 Å². The third-order valence-corrected chi connectivity index (χ3v) is 5.86. The number of methoxy groups -OCH3 is 1. The van der Waals surface area contributed by atoms with E-state index in [4.69, 9.17) is 0 Å². The highest BCUT2D eigenvalue weighted by Crippen LogP contribution is 2.25. The van der Waals surface area contributed by atoms with Crippen LogP contribution in [0.15, 0.2) is 23.1 Å². The van der Waals surface area contributed by atoms with E-state index in [9.17, 15) is 13.2 Å². The lowest BCUT2D eigenvalue weighted by Gasteiger charge is -2.19. The van der Waals surface area contributed by atoms with Crippen LogP contribution in [-0.2, 0) is 19.4 Å². The average Bonchev–Trinajstić information content (AvgIpc) is 2.38. The number of benzene rings is 1. The van der Waals surface area contributed by atoms with Crippen molar-refractivity contribution in [2.24, 2.45) is 5.92 Å². The molecule has 0 amide bonds. The van der Waals surface area contributed by atoms with Gasteiger partial charge in [-0.3, -0.25) is 4.79 Å². The summed E-state index contributed by atoms with van der Waals surface area (Å²) in [6.07, 6.45) is 0. The number of hydrogen-bond acceptors (Lipinski definition) is 4. The molecular formula is C14H20O4S. The van der Waals surface area contributed by atoms with Crippen LogP contribution in [0.25, 0.3) is 0 Å². The molecule has 0 saturated heterocycles. The van der Waals surface area contributed by atoms with Crippen LogP contribution in [0, 0.1) is 19.8 Å². The van der Waals surface area contributed by atoms with Gasteiger partial charge >= 0.3 is 5.97 Å². The van der Waals surface area contributed by atoms with Crippen LogP contribution in [0.5, 0.6) is 0 Å². The summed E-state index contributed by atoms with van der Waals surface area (Å²) in [5.74, 6) is -1.21. The van der Waals surface area contributed by atoms with Crippen molar-refractivity contribution in [1.82, 2.24) is 0 Å².